The van der Waals surface area contributed by atoms with Crippen molar-refractivity contribution in [2.75, 3.05) is 24.7 Å². The van der Waals surface area contributed by atoms with Crippen LogP contribution < -0.4 is 10.6 Å². The van der Waals surface area contributed by atoms with Crippen molar-refractivity contribution in [2.24, 2.45) is 0 Å². The summed E-state index contributed by atoms with van der Waals surface area (Å²) in [4.78, 5) is 1.94. The summed E-state index contributed by atoms with van der Waals surface area (Å²) in [7, 11) is 3.84. The number of nitrogens with zero attached hydrogens (tertiary/aromatic N) is 1. The van der Waals surface area contributed by atoms with Gasteiger partial charge >= 0.3 is 6.18 Å². The molecule has 2 aromatic rings. The van der Waals surface area contributed by atoms with Crippen LogP contribution in [0.15, 0.2) is 42.5 Å². The lowest BCUT2D eigenvalue weighted by Gasteiger charge is -2.14. The summed E-state index contributed by atoms with van der Waals surface area (Å²) in [5, 5.41) is 0. The molecule has 0 aliphatic heterocycles. The Morgan fingerprint density at radius 1 is 0.950 bits per heavy atom. The first-order valence-electron chi connectivity index (χ1n) is 6.03. The Kier molecular flexibility index (Phi) is 3.61. The molecule has 2 N–H and O–H groups in total. The van der Waals surface area contributed by atoms with Gasteiger partial charge in [-0.1, -0.05) is 18.2 Å². The maximum Gasteiger partial charge on any atom is 0.416 e. The molecule has 0 heterocycles. The molecule has 2 aromatic carbocycles. The topological polar surface area (TPSA) is 29.3 Å². The molecule has 0 atom stereocenters. The van der Waals surface area contributed by atoms with E-state index in [0.717, 1.165) is 23.4 Å². The lowest BCUT2D eigenvalue weighted by Crippen LogP contribution is -2.08. The maximum absolute atomic E-state index is 12.6. The molecule has 0 bridgehead atoms. The number of halogens is 3. The molecule has 0 fully saturated rings. The van der Waals surface area contributed by atoms with Crippen molar-refractivity contribution < 1.29 is 13.2 Å². The first kappa shape index (κ1) is 14.2. The van der Waals surface area contributed by atoms with Crippen molar-refractivity contribution in [2.45, 2.75) is 6.18 Å². The third-order valence-electron chi connectivity index (χ3n) is 3.07. The van der Waals surface area contributed by atoms with E-state index in [1.165, 1.54) is 6.07 Å². The average Bonchev–Trinajstić information content (AvgIpc) is 2.37. The average molecular weight is 280 g/mol. The molecule has 2 nitrogen and oxygen atoms in total. The lowest BCUT2D eigenvalue weighted by molar-refractivity contribution is -0.137. The fourth-order valence-electron chi connectivity index (χ4n) is 1.94. The smallest absolute Gasteiger partial charge is 0.398 e. The number of alkyl halides is 3. The van der Waals surface area contributed by atoms with E-state index in [2.05, 4.69) is 0 Å². The Labute approximate surface area is 115 Å². The SMILES string of the molecule is CN(C)c1ccc(-c2ccc(C(F)(F)F)cc2N)cc1. The van der Waals surface area contributed by atoms with Crippen LogP contribution in [0.5, 0.6) is 0 Å². The van der Waals surface area contributed by atoms with Crippen molar-refractivity contribution in [3.05, 3.63) is 48.0 Å². The summed E-state index contributed by atoms with van der Waals surface area (Å²) in [6, 6.07) is 10.9. The number of nitrogens with two attached hydrogens (primary N) is 1. The van der Waals surface area contributed by atoms with Crippen molar-refractivity contribution in [1.29, 1.82) is 0 Å². The highest BCUT2D eigenvalue weighted by Gasteiger charge is 2.30. The van der Waals surface area contributed by atoms with Crippen molar-refractivity contribution in [1.82, 2.24) is 0 Å². The number of anilines is 2. The molecule has 0 aliphatic rings. The molecule has 0 aromatic heterocycles. The zero-order valence-electron chi connectivity index (χ0n) is 11.2. The van der Waals surface area contributed by atoms with Crippen LogP contribution in [-0.4, -0.2) is 14.1 Å². The predicted molar refractivity (Wildman–Crippen MR) is 75.6 cm³/mol. The van der Waals surface area contributed by atoms with Gasteiger partial charge in [-0.05, 0) is 29.8 Å². The number of rotatable bonds is 2. The number of benzene rings is 2. The van der Waals surface area contributed by atoms with E-state index in [9.17, 15) is 13.2 Å². The minimum atomic E-state index is -4.37. The van der Waals surface area contributed by atoms with Gasteiger partial charge in [0.05, 0.1) is 5.56 Å². The van der Waals surface area contributed by atoms with Gasteiger partial charge in [0.1, 0.15) is 0 Å². The third kappa shape index (κ3) is 2.87. The first-order valence-corrected chi connectivity index (χ1v) is 6.03. The molecule has 5 heteroatoms. The minimum absolute atomic E-state index is 0.123. The Bertz CT molecular complexity index is 602. The Hall–Kier alpha value is -2.17. The monoisotopic (exact) mass is 280 g/mol. The van der Waals surface area contributed by atoms with Crippen LogP contribution >= 0.6 is 0 Å². The summed E-state index contributed by atoms with van der Waals surface area (Å²) in [6.07, 6.45) is -4.37. The van der Waals surface area contributed by atoms with Crippen LogP contribution in [0.1, 0.15) is 5.56 Å². The summed E-state index contributed by atoms with van der Waals surface area (Å²) in [6.45, 7) is 0. The second-order valence-corrected chi connectivity index (χ2v) is 4.74. The van der Waals surface area contributed by atoms with Gasteiger partial charge in [0.25, 0.3) is 0 Å². The Morgan fingerprint density at radius 2 is 1.55 bits per heavy atom. The molecule has 0 amide bonds. The standard InChI is InChI=1S/C15H15F3N2/c1-20(2)12-6-3-10(4-7-12)13-8-5-11(9-14(13)19)15(16,17)18/h3-9H,19H2,1-2H3. The van der Waals surface area contributed by atoms with Gasteiger partial charge in [0, 0.05) is 31.0 Å². The Balaban J connectivity index is 2.38. The summed E-state index contributed by atoms with van der Waals surface area (Å²) in [5.74, 6) is 0. The molecule has 2 rings (SSSR count). The van der Waals surface area contributed by atoms with Gasteiger partial charge in [0.2, 0.25) is 0 Å². The van der Waals surface area contributed by atoms with E-state index in [-0.39, 0.29) is 5.69 Å². The van der Waals surface area contributed by atoms with Gasteiger partial charge in [-0.2, -0.15) is 13.2 Å². The Morgan fingerprint density at radius 3 is 2.00 bits per heavy atom. The van der Waals surface area contributed by atoms with Gasteiger partial charge in [-0.3, -0.25) is 0 Å². The van der Waals surface area contributed by atoms with Crippen LogP contribution in [0, 0.1) is 0 Å². The number of hydrogen-bond donors (Lipinski definition) is 1. The maximum atomic E-state index is 12.6. The fourth-order valence-corrected chi connectivity index (χ4v) is 1.94. The zero-order chi connectivity index (χ0) is 14.9. The second-order valence-electron chi connectivity index (χ2n) is 4.74. The summed E-state index contributed by atoms with van der Waals surface area (Å²) in [5.41, 5.74) is 7.53. The highest BCUT2D eigenvalue weighted by Crippen LogP contribution is 2.34. The molecule has 0 radical (unpaired) electrons. The van der Waals surface area contributed by atoms with Gasteiger partial charge in [-0.25, -0.2) is 0 Å². The molecule has 0 spiro atoms. The van der Waals surface area contributed by atoms with E-state index in [1.807, 2.05) is 43.3 Å². The van der Waals surface area contributed by atoms with Gasteiger partial charge < -0.3 is 10.6 Å². The molecule has 20 heavy (non-hydrogen) atoms. The van der Waals surface area contributed by atoms with Gasteiger partial charge in [0.15, 0.2) is 0 Å². The van der Waals surface area contributed by atoms with Crippen molar-refractivity contribution in [3.63, 3.8) is 0 Å². The van der Waals surface area contributed by atoms with Crippen molar-refractivity contribution in [3.8, 4) is 11.1 Å². The molecule has 0 saturated heterocycles. The quantitative estimate of drug-likeness (QED) is 0.842. The van der Waals surface area contributed by atoms with Crippen LogP contribution in [0.4, 0.5) is 24.5 Å². The largest absolute Gasteiger partial charge is 0.416 e. The zero-order valence-corrected chi connectivity index (χ0v) is 11.2. The molecule has 106 valence electrons. The van der Waals surface area contributed by atoms with Crippen LogP contribution in [0.2, 0.25) is 0 Å². The van der Waals surface area contributed by atoms with Crippen LogP contribution in [0.25, 0.3) is 11.1 Å². The number of nitrogen functional groups attached to an aromatic ring is 1. The molecule has 0 aliphatic carbocycles. The summed E-state index contributed by atoms with van der Waals surface area (Å²) >= 11 is 0. The second kappa shape index (κ2) is 5.07. The third-order valence-corrected chi connectivity index (χ3v) is 3.07. The fraction of sp³-hybridized carbons (Fsp3) is 0.200. The minimum Gasteiger partial charge on any atom is -0.398 e. The van der Waals surface area contributed by atoms with Crippen LogP contribution in [-0.2, 0) is 6.18 Å². The van der Waals surface area contributed by atoms with E-state index in [4.69, 9.17) is 5.73 Å². The highest BCUT2D eigenvalue weighted by atomic mass is 19.4. The molecular formula is C15H15F3N2. The van der Waals surface area contributed by atoms with E-state index in [0.29, 0.717) is 5.56 Å². The van der Waals surface area contributed by atoms with E-state index >= 15 is 0 Å². The molecule has 0 saturated carbocycles. The normalized spacial score (nSPS) is 11.4. The van der Waals surface area contributed by atoms with E-state index < -0.39 is 11.7 Å². The molecule has 0 unspecified atom stereocenters. The lowest BCUT2D eigenvalue weighted by atomic mass is 10.0. The predicted octanol–water partition coefficient (Wildman–Crippen LogP) is 4.02. The van der Waals surface area contributed by atoms with E-state index in [1.54, 1.807) is 0 Å². The van der Waals surface area contributed by atoms with Crippen LogP contribution in [0.3, 0.4) is 0 Å². The summed E-state index contributed by atoms with van der Waals surface area (Å²) < 4.78 is 37.7. The first-order chi connectivity index (χ1) is 9.29. The highest BCUT2D eigenvalue weighted by molar-refractivity contribution is 5.77. The number of hydrogen-bond acceptors (Lipinski definition) is 2. The van der Waals surface area contributed by atoms with Crippen molar-refractivity contribution >= 4 is 11.4 Å². The molecular weight excluding hydrogens is 265 g/mol. The van der Waals surface area contributed by atoms with Gasteiger partial charge in [-0.15, -0.1) is 0 Å².